The first-order chi connectivity index (χ1) is 13.5. The highest BCUT2D eigenvalue weighted by molar-refractivity contribution is 8.76. The fourth-order valence-corrected chi connectivity index (χ4v) is 5.02. The van der Waals surface area contributed by atoms with Crippen molar-refractivity contribution in [2.24, 2.45) is 0 Å². The smallest absolute Gasteiger partial charge is 0.283 e. The number of benzene rings is 1. The molecule has 1 aliphatic rings. The average molecular weight is 454 g/mol. The molecule has 1 aromatic carbocycles. The van der Waals surface area contributed by atoms with Crippen molar-refractivity contribution in [2.75, 3.05) is 46.1 Å². The largest absolute Gasteiger partial charge is 0.390 e. The zero-order chi connectivity index (χ0) is 21.8. The molecule has 1 saturated heterocycles. The molecule has 1 atom stereocenters. The lowest BCUT2D eigenvalue weighted by atomic mass is 9.87. The zero-order valence-corrected chi connectivity index (χ0v) is 18.7. The van der Waals surface area contributed by atoms with Crippen molar-refractivity contribution in [3.05, 3.63) is 35.1 Å². The molecule has 0 spiro atoms. The van der Waals surface area contributed by atoms with Crippen molar-refractivity contribution in [3.63, 3.8) is 0 Å². The second-order valence-corrected chi connectivity index (χ2v) is 11.1. The number of alkyl halides is 2. The standard InChI is InChI=1S/C19H30F3N3O2S2/c1-14-4-5-15(20)10-16(14)17(27)23-18(6-8-25(9-7-18)29(3)28)11-24(2)12-19(21,22)13-26/h4-5,10,26,28-29H,6-9,11-13H2,1-3H3,(H,23,27). The summed E-state index contributed by atoms with van der Waals surface area (Å²) >= 11 is 4.51. The van der Waals surface area contributed by atoms with Crippen LogP contribution in [0.1, 0.15) is 28.8 Å². The highest BCUT2D eigenvalue weighted by Gasteiger charge is 2.40. The number of nitrogens with zero attached hydrogens (tertiary/aromatic N) is 2. The van der Waals surface area contributed by atoms with Crippen LogP contribution in [0.25, 0.3) is 0 Å². The number of carbonyl (C=O) groups is 1. The zero-order valence-electron chi connectivity index (χ0n) is 17.0. The number of piperidine rings is 1. The van der Waals surface area contributed by atoms with E-state index in [1.54, 1.807) is 20.0 Å². The lowest BCUT2D eigenvalue weighted by Gasteiger charge is -2.46. The summed E-state index contributed by atoms with van der Waals surface area (Å²) in [5.74, 6) is -4.14. The number of rotatable bonds is 8. The van der Waals surface area contributed by atoms with Crippen LogP contribution in [0.2, 0.25) is 0 Å². The third kappa shape index (κ3) is 6.78. The summed E-state index contributed by atoms with van der Waals surface area (Å²) in [5, 5.41) is 11.9. The number of hydrogen-bond donors (Lipinski definition) is 4. The van der Waals surface area contributed by atoms with Gasteiger partial charge in [0.15, 0.2) is 0 Å². The van der Waals surface area contributed by atoms with Gasteiger partial charge in [-0.2, -0.15) is 10.1 Å². The van der Waals surface area contributed by atoms with Gasteiger partial charge in [-0.15, -0.1) is 11.7 Å². The highest BCUT2D eigenvalue weighted by atomic mass is 33.1. The van der Waals surface area contributed by atoms with Crippen molar-refractivity contribution in [3.8, 4) is 0 Å². The lowest BCUT2D eigenvalue weighted by Crippen LogP contribution is -2.60. The van der Waals surface area contributed by atoms with Crippen LogP contribution in [-0.4, -0.2) is 77.8 Å². The molecule has 10 heteroatoms. The fraction of sp³-hybridized carbons (Fsp3) is 0.632. The Morgan fingerprint density at radius 2 is 2.03 bits per heavy atom. The summed E-state index contributed by atoms with van der Waals surface area (Å²) in [7, 11) is 0.964. The van der Waals surface area contributed by atoms with E-state index in [1.807, 2.05) is 6.26 Å². The van der Waals surface area contributed by atoms with Gasteiger partial charge in [-0.25, -0.2) is 13.2 Å². The van der Waals surface area contributed by atoms with Crippen LogP contribution in [-0.2, 0) is 0 Å². The predicted molar refractivity (Wildman–Crippen MR) is 116 cm³/mol. The van der Waals surface area contributed by atoms with Crippen molar-refractivity contribution in [1.82, 2.24) is 14.5 Å². The van der Waals surface area contributed by atoms with E-state index in [0.717, 1.165) is 0 Å². The van der Waals surface area contributed by atoms with Crippen molar-refractivity contribution in [1.29, 1.82) is 0 Å². The number of likely N-dealkylation sites (N-methyl/N-ethyl adjacent to an activating group) is 1. The first kappa shape index (κ1) is 24.3. The lowest BCUT2D eigenvalue weighted by molar-refractivity contribution is -0.0725. The van der Waals surface area contributed by atoms with E-state index in [4.69, 9.17) is 5.11 Å². The van der Waals surface area contributed by atoms with Crippen LogP contribution in [0.4, 0.5) is 13.2 Å². The molecule has 0 radical (unpaired) electrons. The Morgan fingerprint density at radius 3 is 2.59 bits per heavy atom. The molecule has 0 aromatic heterocycles. The monoisotopic (exact) mass is 453 g/mol. The van der Waals surface area contributed by atoms with Gasteiger partial charge in [0.2, 0.25) is 0 Å². The molecular weight excluding hydrogens is 423 g/mol. The third-order valence-electron chi connectivity index (χ3n) is 5.23. The minimum absolute atomic E-state index is 0.199. The Kier molecular flexibility index (Phi) is 8.32. The Hall–Kier alpha value is -0.940. The van der Waals surface area contributed by atoms with E-state index >= 15 is 0 Å². The summed E-state index contributed by atoms with van der Waals surface area (Å²) in [4.78, 5) is 14.4. The molecule has 1 aliphatic heterocycles. The summed E-state index contributed by atoms with van der Waals surface area (Å²) in [5.41, 5.74) is 0.150. The van der Waals surface area contributed by atoms with Gasteiger partial charge in [-0.05, 0) is 50.8 Å². The number of hydrogen-bond acceptors (Lipinski definition) is 5. The van der Waals surface area contributed by atoms with E-state index in [-0.39, 0.29) is 12.1 Å². The second-order valence-electron chi connectivity index (χ2n) is 7.82. The number of nitrogens with one attached hydrogen (secondary N) is 1. The number of amides is 1. The van der Waals surface area contributed by atoms with Crippen molar-refractivity contribution < 1.29 is 23.1 Å². The SMILES string of the molecule is Cc1ccc(F)cc1C(=O)NC1(CN(C)CC(F)(F)CO)CCN([SH](C)S)CC1. The van der Waals surface area contributed by atoms with Gasteiger partial charge in [-0.1, -0.05) is 6.07 Å². The molecule has 2 rings (SSSR count). The normalized spacial score (nSPS) is 19.3. The fourth-order valence-electron chi connectivity index (χ4n) is 3.70. The van der Waals surface area contributed by atoms with E-state index in [0.29, 0.717) is 31.5 Å². The molecule has 1 amide bonds. The Bertz CT molecular complexity index is 714. The molecule has 29 heavy (non-hydrogen) atoms. The summed E-state index contributed by atoms with van der Waals surface area (Å²) in [6.07, 6.45) is 3.15. The van der Waals surface area contributed by atoms with Crippen LogP contribution in [0.15, 0.2) is 18.2 Å². The van der Waals surface area contributed by atoms with Crippen LogP contribution in [0, 0.1) is 12.7 Å². The van der Waals surface area contributed by atoms with Crippen molar-refractivity contribution >= 4 is 27.7 Å². The highest BCUT2D eigenvalue weighted by Crippen LogP contribution is 2.36. The molecule has 1 aromatic rings. The van der Waals surface area contributed by atoms with Crippen LogP contribution < -0.4 is 5.32 Å². The van der Waals surface area contributed by atoms with E-state index in [1.165, 1.54) is 17.0 Å². The van der Waals surface area contributed by atoms with Gasteiger partial charge < -0.3 is 10.4 Å². The number of carbonyl (C=O) groups excluding carboxylic acids is 1. The van der Waals surface area contributed by atoms with Crippen molar-refractivity contribution in [2.45, 2.75) is 31.2 Å². The average Bonchev–Trinajstić information content (AvgIpc) is 2.63. The maximum Gasteiger partial charge on any atom is 0.283 e. The van der Waals surface area contributed by atoms with Gasteiger partial charge in [0, 0.05) is 25.2 Å². The molecule has 0 saturated carbocycles. The third-order valence-corrected chi connectivity index (χ3v) is 7.21. The Morgan fingerprint density at radius 1 is 1.41 bits per heavy atom. The first-order valence-electron chi connectivity index (χ1n) is 9.40. The summed E-state index contributed by atoms with van der Waals surface area (Å²) in [6.45, 7) is 1.44. The number of thiol groups is 2. The van der Waals surface area contributed by atoms with Gasteiger partial charge in [0.1, 0.15) is 12.4 Å². The maximum absolute atomic E-state index is 13.6. The quantitative estimate of drug-likeness (QED) is 0.361. The van der Waals surface area contributed by atoms with Gasteiger partial charge in [0.05, 0.1) is 12.1 Å². The number of aliphatic hydroxyl groups excluding tert-OH is 1. The molecule has 5 nitrogen and oxygen atoms in total. The van der Waals surface area contributed by atoms with Gasteiger partial charge in [-0.3, -0.25) is 14.0 Å². The van der Waals surface area contributed by atoms with Crippen LogP contribution in [0.5, 0.6) is 0 Å². The maximum atomic E-state index is 13.6. The van der Waals surface area contributed by atoms with E-state index in [2.05, 4.69) is 21.3 Å². The molecular formula is C19H30F3N3O2S2. The van der Waals surface area contributed by atoms with Crippen LogP contribution >= 0.6 is 21.8 Å². The van der Waals surface area contributed by atoms with E-state index in [9.17, 15) is 18.0 Å². The van der Waals surface area contributed by atoms with Crippen LogP contribution in [0.3, 0.4) is 0 Å². The minimum Gasteiger partial charge on any atom is -0.390 e. The molecule has 1 unspecified atom stereocenters. The summed E-state index contributed by atoms with van der Waals surface area (Å²) in [6, 6.07) is 4.02. The van der Waals surface area contributed by atoms with Gasteiger partial charge in [0.25, 0.3) is 11.8 Å². The second kappa shape index (κ2) is 9.91. The molecule has 0 aliphatic carbocycles. The molecule has 1 heterocycles. The number of aliphatic hydroxyl groups is 1. The topological polar surface area (TPSA) is 55.8 Å². The Labute approximate surface area is 177 Å². The summed E-state index contributed by atoms with van der Waals surface area (Å²) < 4.78 is 43.1. The molecule has 1 fully saturated rings. The first-order valence-corrected chi connectivity index (χ1v) is 12.3. The molecule has 0 bridgehead atoms. The van der Waals surface area contributed by atoms with Gasteiger partial charge >= 0.3 is 0 Å². The number of halogens is 3. The number of aryl methyl sites for hydroxylation is 1. The molecule has 2 N–H and O–H groups in total. The van der Waals surface area contributed by atoms with E-state index < -0.39 is 46.5 Å². The molecule has 166 valence electrons. The minimum atomic E-state index is -3.22. The Balaban J connectivity index is 2.21. The predicted octanol–water partition coefficient (Wildman–Crippen LogP) is 2.65.